The van der Waals surface area contributed by atoms with Gasteiger partial charge < -0.3 is 10.6 Å². The number of amides is 1. The Bertz CT molecular complexity index is 444. The van der Waals surface area contributed by atoms with E-state index in [1.807, 2.05) is 29.2 Å². The van der Waals surface area contributed by atoms with Crippen molar-refractivity contribution in [2.75, 3.05) is 32.7 Å². The highest BCUT2D eigenvalue weighted by Crippen LogP contribution is 2.19. The molecule has 2 N–H and O–H groups in total. The van der Waals surface area contributed by atoms with Crippen LogP contribution in [0.5, 0.6) is 0 Å². The molecule has 1 aliphatic rings. The minimum absolute atomic E-state index is 0.104. The second kappa shape index (κ2) is 6.50. The number of nitrogens with two attached hydrogens (primary N) is 1. The van der Waals surface area contributed by atoms with Crippen molar-refractivity contribution in [3.05, 3.63) is 34.3 Å². The Labute approximate surface area is 122 Å². The fraction of sp³-hybridized carbons (Fsp3) is 0.500. The van der Waals surface area contributed by atoms with Gasteiger partial charge in [-0.1, -0.05) is 12.1 Å². The Kier molecular flexibility index (Phi) is 4.96. The lowest BCUT2D eigenvalue weighted by atomic mass is 10.1. The van der Waals surface area contributed by atoms with Crippen molar-refractivity contribution in [1.82, 2.24) is 9.80 Å². The predicted molar refractivity (Wildman–Crippen MR) is 80.1 cm³/mol. The molecule has 5 heteroatoms. The molecule has 1 unspecified atom stereocenters. The van der Waals surface area contributed by atoms with Crippen LogP contribution in [-0.4, -0.2) is 54.5 Å². The van der Waals surface area contributed by atoms with Crippen LogP contribution in [0.25, 0.3) is 0 Å². The van der Waals surface area contributed by atoms with Gasteiger partial charge in [0.2, 0.25) is 0 Å². The molecular formula is C14H20BrN3O. The van der Waals surface area contributed by atoms with Gasteiger partial charge in [-0.25, -0.2) is 0 Å². The maximum absolute atomic E-state index is 12.4. The standard InChI is InChI=1S/C14H20BrN3O/c1-11(10-16)17-6-8-18(9-7-17)14(19)12-4-2-3-5-13(12)15/h2-5,11H,6-10,16H2,1H3. The molecule has 0 saturated carbocycles. The molecular weight excluding hydrogens is 306 g/mol. The molecule has 0 bridgehead atoms. The molecule has 2 rings (SSSR count). The fourth-order valence-electron chi connectivity index (χ4n) is 2.32. The summed E-state index contributed by atoms with van der Waals surface area (Å²) in [5.74, 6) is 0.104. The Balaban J connectivity index is 1.98. The largest absolute Gasteiger partial charge is 0.336 e. The molecule has 19 heavy (non-hydrogen) atoms. The first kappa shape index (κ1) is 14.5. The Morgan fingerprint density at radius 2 is 1.95 bits per heavy atom. The fourth-order valence-corrected chi connectivity index (χ4v) is 2.77. The third-order valence-electron chi connectivity index (χ3n) is 3.67. The molecule has 1 amide bonds. The van der Waals surface area contributed by atoms with Crippen LogP contribution in [0.4, 0.5) is 0 Å². The number of rotatable bonds is 3. The first-order valence-corrected chi connectivity index (χ1v) is 7.40. The van der Waals surface area contributed by atoms with E-state index in [4.69, 9.17) is 5.73 Å². The molecule has 0 spiro atoms. The normalized spacial score (nSPS) is 18.4. The summed E-state index contributed by atoms with van der Waals surface area (Å²) in [6, 6.07) is 7.97. The summed E-state index contributed by atoms with van der Waals surface area (Å²) in [5.41, 5.74) is 6.42. The Morgan fingerprint density at radius 1 is 1.32 bits per heavy atom. The van der Waals surface area contributed by atoms with E-state index in [1.54, 1.807) is 0 Å². The second-order valence-corrected chi connectivity index (χ2v) is 5.75. The van der Waals surface area contributed by atoms with Crippen LogP contribution < -0.4 is 5.73 Å². The summed E-state index contributed by atoms with van der Waals surface area (Å²) in [5, 5.41) is 0. The quantitative estimate of drug-likeness (QED) is 0.917. The van der Waals surface area contributed by atoms with Crippen LogP contribution in [0.3, 0.4) is 0 Å². The summed E-state index contributed by atoms with van der Waals surface area (Å²) in [6.45, 7) is 6.13. The van der Waals surface area contributed by atoms with Crippen LogP contribution in [0.15, 0.2) is 28.7 Å². The van der Waals surface area contributed by atoms with Gasteiger partial charge in [-0.3, -0.25) is 9.69 Å². The summed E-state index contributed by atoms with van der Waals surface area (Å²) in [6.07, 6.45) is 0. The van der Waals surface area contributed by atoms with E-state index in [0.29, 0.717) is 12.6 Å². The summed E-state index contributed by atoms with van der Waals surface area (Å²) in [7, 11) is 0. The molecule has 1 atom stereocenters. The predicted octanol–water partition coefficient (Wildman–Crippen LogP) is 1.55. The molecule has 0 aromatic heterocycles. The topological polar surface area (TPSA) is 49.6 Å². The monoisotopic (exact) mass is 325 g/mol. The number of benzene rings is 1. The summed E-state index contributed by atoms with van der Waals surface area (Å²) < 4.78 is 0.859. The van der Waals surface area contributed by atoms with Gasteiger partial charge in [0.05, 0.1) is 5.56 Å². The zero-order valence-corrected chi connectivity index (χ0v) is 12.8. The minimum Gasteiger partial charge on any atom is -0.336 e. The molecule has 1 heterocycles. The second-order valence-electron chi connectivity index (χ2n) is 4.89. The lowest BCUT2D eigenvalue weighted by molar-refractivity contribution is 0.0588. The molecule has 104 valence electrons. The van der Waals surface area contributed by atoms with E-state index in [1.165, 1.54) is 0 Å². The van der Waals surface area contributed by atoms with Crippen LogP contribution in [0.2, 0.25) is 0 Å². The molecule has 1 saturated heterocycles. The van der Waals surface area contributed by atoms with Gasteiger partial charge >= 0.3 is 0 Å². The maximum atomic E-state index is 12.4. The van der Waals surface area contributed by atoms with Gasteiger partial charge in [-0.2, -0.15) is 0 Å². The van der Waals surface area contributed by atoms with Crippen molar-refractivity contribution in [1.29, 1.82) is 0 Å². The highest BCUT2D eigenvalue weighted by atomic mass is 79.9. The maximum Gasteiger partial charge on any atom is 0.255 e. The highest BCUT2D eigenvalue weighted by molar-refractivity contribution is 9.10. The van der Waals surface area contributed by atoms with E-state index in [2.05, 4.69) is 27.8 Å². The van der Waals surface area contributed by atoms with Crippen molar-refractivity contribution < 1.29 is 4.79 Å². The Morgan fingerprint density at radius 3 is 2.53 bits per heavy atom. The van der Waals surface area contributed by atoms with Crippen molar-refractivity contribution >= 4 is 21.8 Å². The van der Waals surface area contributed by atoms with Gasteiger partial charge in [0.25, 0.3) is 5.91 Å². The average molecular weight is 326 g/mol. The van der Waals surface area contributed by atoms with Crippen molar-refractivity contribution in [2.45, 2.75) is 13.0 Å². The number of halogens is 1. The summed E-state index contributed by atoms with van der Waals surface area (Å²) in [4.78, 5) is 16.7. The van der Waals surface area contributed by atoms with Crippen LogP contribution in [-0.2, 0) is 0 Å². The molecule has 1 aromatic rings. The zero-order chi connectivity index (χ0) is 13.8. The molecule has 1 aliphatic heterocycles. The van der Waals surface area contributed by atoms with E-state index >= 15 is 0 Å². The van der Waals surface area contributed by atoms with Crippen molar-refractivity contribution in [2.24, 2.45) is 5.73 Å². The average Bonchev–Trinajstić information content (AvgIpc) is 2.46. The molecule has 4 nitrogen and oxygen atoms in total. The van der Waals surface area contributed by atoms with Gasteiger partial charge in [0.1, 0.15) is 0 Å². The van der Waals surface area contributed by atoms with Crippen LogP contribution in [0.1, 0.15) is 17.3 Å². The smallest absolute Gasteiger partial charge is 0.255 e. The van der Waals surface area contributed by atoms with Gasteiger partial charge in [0.15, 0.2) is 0 Å². The number of carbonyl (C=O) groups is 1. The molecule has 0 radical (unpaired) electrons. The van der Waals surface area contributed by atoms with Gasteiger partial charge in [0, 0.05) is 43.2 Å². The number of hydrogen-bond acceptors (Lipinski definition) is 3. The van der Waals surface area contributed by atoms with Crippen molar-refractivity contribution in [3.63, 3.8) is 0 Å². The number of carbonyl (C=O) groups excluding carboxylic acids is 1. The Hall–Kier alpha value is -0.910. The minimum atomic E-state index is 0.104. The summed E-state index contributed by atoms with van der Waals surface area (Å²) >= 11 is 3.44. The van der Waals surface area contributed by atoms with E-state index in [0.717, 1.165) is 36.2 Å². The lowest BCUT2D eigenvalue weighted by Gasteiger charge is -2.37. The van der Waals surface area contributed by atoms with Crippen LogP contribution in [0, 0.1) is 0 Å². The van der Waals surface area contributed by atoms with Gasteiger partial charge in [-0.15, -0.1) is 0 Å². The first-order chi connectivity index (χ1) is 9.13. The third-order valence-corrected chi connectivity index (χ3v) is 4.36. The van der Waals surface area contributed by atoms with Crippen molar-refractivity contribution in [3.8, 4) is 0 Å². The number of piperazine rings is 1. The number of hydrogen-bond donors (Lipinski definition) is 1. The first-order valence-electron chi connectivity index (χ1n) is 6.61. The van der Waals surface area contributed by atoms with Crippen LogP contribution >= 0.6 is 15.9 Å². The van der Waals surface area contributed by atoms with Gasteiger partial charge in [-0.05, 0) is 35.0 Å². The van der Waals surface area contributed by atoms with E-state index < -0.39 is 0 Å². The SMILES string of the molecule is CC(CN)N1CCN(C(=O)c2ccccc2Br)CC1. The highest BCUT2D eigenvalue weighted by Gasteiger charge is 2.24. The molecule has 1 aromatic carbocycles. The molecule has 0 aliphatic carbocycles. The van der Waals surface area contributed by atoms with E-state index in [9.17, 15) is 4.79 Å². The lowest BCUT2D eigenvalue weighted by Crippen LogP contribution is -2.52. The third kappa shape index (κ3) is 3.35. The van der Waals surface area contributed by atoms with E-state index in [-0.39, 0.29) is 5.91 Å². The zero-order valence-electron chi connectivity index (χ0n) is 11.2. The molecule has 1 fully saturated rings. The number of nitrogens with zero attached hydrogens (tertiary/aromatic N) is 2.